The fourth-order valence-electron chi connectivity index (χ4n) is 3.91. The van der Waals surface area contributed by atoms with Crippen LogP contribution in [0.25, 0.3) is 11.2 Å². The first-order valence-corrected chi connectivity index (χ1v) is 14.6. The van der Waals surface area contributed by atoms with Crippen molar-refractivity contribution in [2.24, 2.45) is 5.92 Å². The molecule has 2 aliphatic rings. The molecular formula is C19H28ClN6O7PS. The van der Waals surface area contributed by atoms with Gasteiger partial charge in [0.15, 0.2) is 17.7 Å². The normalized spacial score (nSPS) is 28.8. The summed E-state index contributed by atoms with van der Waals surface area (Å²) in [7, 11) is 1.30. The Kier molecular flexibility index (Phi) is 8.25. The fraction of sp³-hybridized carbons (Fsp3) is 0.684. The first-order valence-electron chi connectivity index (χ1n) is 11.0. The van der Waals surface area contributed by atoms with E-state index in [2.05, 4.69) is 20.0 Å². The van der Waals surface area contributed by atoms with Gasteiger partial charge in [0.25, 0.3) is 6.48 Å². The van der Waals surface area contributed by atoms with Gasteiger partial charge in [-0.25, -0.2) is 20.0 Å². The first kappa shape index (κ1) is 26.6. The number of imidazole rings is 1. The number of halogens is 1. The van der Waals surface area contributed by atoms with Gasteiger partial charge in [0.05, 0.1) is 20.0 Å². The van der Waals surface area contributed by atoms with Gasteiger partial charge in [0.2, 0.25) is 5.77 Å². The van der Waals surface area contributed by atoms with E-state index in [0.717, 1.165) is 0 Å². The van der Waals surface area contributed by atoms with Gasteiger partial charge in [0.1, 0.15) is 36.2 Å². The predicted octanol–water partition coefficient (Wildman–Crippen LogP) is 1.68. The lowest BCUT2D eigenvalue weighted by Gasteiger charge is -2.26. The molecule has 16 heteroatoms. The second-order valence-electron chi connectivity index (χ2n) is 8.24. The van der Waals surface area contributed by atoms with Gasteiger partial charge < -0.3 is 33.9 Å². The molecule has 2 unspecified atom stereocenters. The molecule has 0 spiro atoms. The topological polar surface area (TPSA) is 154 Å². The van der Waals surface area contributed by atoms with Crippen molar-refractivity contribution in [1.29, 1.82) is 0 Å². The Bertz CT molecular complexity index is 1110. The minimum absolute atomic E-state index is 0.0244. The Morgan fingerprint density at radius 3 is 2.74 bits per heavy atom. The van der Waals surface area contributed by atoms with Crippen molar-refractivity contribution < 1.29 is 33.0 Å². The van der Waals surface area contributed by atoms with E-state index >= 15 is 0 Å². The maximum absolute atomic E-state index is 12.1. The lowest BCUT2D eigenvalue weighted by atomic mass is 10.1. The molecular weight excluding hydrogens is 523 g/mol. The van der Waals surface area contributed by atoms with Gasteiger partial charge in [-0.2, -0.15) is 0 Å². The van der Waals surface area contributed by atoms with Crippen LogP contribution in [0.4, 0.5) is 5.82 Å². The number of fused-ring (bicyclic) bond motifs is 2. The van der Waals surface area contributed by atoms with Crippen LogP contribution in [0.1, 0.15) is 27.0 Å². The van der Waals surface area contributed by atoms with E-state index in [1.54, 1.807) is 10.9 Å². The van der Waals surface area contributed by atoms with Crippen LogP contribution >= 0.6 is 17.0 Å². The number of carbonyl (C=O) groups excluding carboxylic acids is 1. The molecule has 4 rings (SSSR count). The van der Waals surface area contributed by atoms with Gasteiger partial charge >= 0.3 is 5.97 Å². The van der Waals surface area contributed by atoms with Crippen LogP contribution in [0.3, 0.4) is 0 Å². The van der Waals surface area contributed by atoms with Crippen molar-refractivity contribution in [2.45, 2.75) is 57.8 Å². The average Bonchev–Trinajstić information content (AvgIpc) is 3.50. The molecule has 0 amide bonds. The van der Waals surface area contributed by atoms with E-state index in [1.807, 2.05) is 20.8 Å². The highest BCUT2D eigenvalue weighted by atomic mass is 35.7. The van der Waals surface area contributed by atoms with Gasteiger partial charge in [-0.15, -0.1) is 0 Å². The highest BCUT2D eigenvalue weighted by molar-refractivity contribution is 8.23. The Morgan fingerprint density at radius 2 is 2.06 bits per heavy atom. The summed E-state index contributed by atoms with van der Waals surface area (Å²) in [6, 6.07) is -0.718. The molecule has 2 aliphatic heterocycles. The summed E-state index contributed by atoms with van der Waals surface area (Å²) < 4.78 is 36.1. The van der Waals surface area contributed by atoms with Crippen molar-refractivity contribution in [1.82, 2.24) is 24.6 Å². The standard InChI is InChI=1S/C19H28ClN6O7PS/c1-5-29-19-32-13-10(6-30-34(20,35)25-11(9(2)3)18(27)28-4)31-17(14(13)33-19)26-8-24-12-15(21)22-7-23-16(12)26/h7-11,13-14,17,19H,5-6H2,1-4H3,(H,25,35)(H2,21,22,23)/t10-,11+,13-,14-,17-,19?,34?/m1/s1. The van der Waals surface area contributed by atoms with E-state index in [4.69, 9.17) is 57.0 Å². The first-order chi connectivity index (χ1) is 16.6. The van der Waals surface area contributed by atoms with Crippen LogP contribution in [0.5, 0.6) is 0 Å². The van der Waals surface area contributed by atoms with E-state index in [1.165, 1.54) is 13.4 Å². The van der Waals surface area contributed by atoms with Crippen LogP contribution in [-0.2, 0) is 44.8 Å². The molecule has 4 heterocycles. The van der Waals surface area contributed by atoms with E-state index < -0.39 is 48.8 Å². The number of carbonyl (C=O) groups is 1. The molecule has 2 aromatic rings. The number of nitrogens with zero attached hydrogens (tertiary/aromatic N) is 4. The molecule has 0 aliphatic carbocycles. The molecule has 13 nitrogen and oxygen atoms in total. The van der Waals surface area contributed by atoms with Crippen molar-refractivity contribution in [2.75, 3.05) is 26.1 Å². The molecule has 2 aromatic heterocycles. The number of ether oxygens (including phenoxy) is 5. The molecule has 0 radical (unpaired) electrons. The highest BCUT2D eigenvalue weighted by Crippen LogP contribution is 2.51. The molecule has 0 bridgehead atoms. The van der Waals surface area contributed by atoms with E-state index in [-0.39, 0.29) is 18.3 Å². The van der Waals surface area contributed by atoms with Crippen molar-refractivity contribution in [3.8, 4) is 0 Å². The summed E-state index contributed by atoms with van der Waals surface area (Å²) in [6.07, 6.45) is 0.493. The Morgan fingerprint density at radius 1 is 1.31 bits per heavy atom. The quantitative estimate of drug-likeness (QED) is 0.326. The summed E-state index contributed by atoms with van der Waals surface area (Å²) >= 11 is 11.9. The van der Waals surface area contributed by atoms with Crippen molar-refractivity contribution in [3.05, 3.63) is 12.7 Å². The third-order valence-electron chi connectivity index (χ3n) is 5.61. The third-order valence-corrected chi connectivity index (χ3v) is 7.89. The van der Waals surface area contributed by atoms with Gasteiger partial charge in [-0.1, -0.05) is 13.8 Å². The lowest BCUT2D eigenvalue weighted by Crippen LogP contribution is -2.40. The molecule has 3 N–H and O–H groups in total. The number of anilines is 1. The molecule has 35 heavy (non-hydrogen) atoms. The minimum Gasteiger partial charge on any atom is -0.468 e. The van der Waals surface area contributed by atoms with Crippen molar-refractivity contribution >= 4 is 51.8 Å². The highest BCUT2D eigenvalue weighted by Gasteiger charge is 2.54. The number of esters is 1. The molecule has 0 aromatic carbocycles. The molecule has 194 valence electrons. The number of hydrogen-bond acceptors (Lipinski definition) is 12. The van der Waals surface area contributed by atoms with E-state index in [0.29, 0.717) is 17.8 Å². The summed E-state index contributed by atoms with van der Waals surface area (Å²) in [6.45, 7) is 5.02. The second kappa shape index (κ2) is 10.9. The summed E-state index contributed by atoms with van der Waals surface area (Å²) in [5, 5.41) is 2.92. The SMILES string of the molecule is CCOC1O[C@@H]2[C@H](O1)[C@@H](COP(=S)(Cl)N[C@H](C(=O)OC)C(C)C)O[C@H]2n1cnc2c(N)ncnc21. The average molecular weight is 551 g/mol. The molecule has 7 atom stereocenters. The van der Waals surface area contributed by atoms with Gasteiger partial charge in [-0.3, -0.25) is 9.36 Å². The zero-order chi connectivity index (χ0) is 25.3. The van der Waals surface area contributed by atoms with Crippen LogP contribution in [-0.4, -0.2) is 76.6 Å². The number of methoxy groups -OCH3 is 1. The molecule has 2 saturated heterocycles. The largest absolute Gasteiger partial charge is 0.468 e. The summed E-state index contributed by atoms with van der Waals surface area (Å²) in [4.78, 5) is 24.7. The maximum Gasteiger partial charge on any atom is 0.323 e. The number of hydrogen-bond donors (Lipinski definition) is 2. The van der Waals surface area contributed by atoms with Gasteiger partial charge in [0, 0.05) is 6.61 Å². The smallest absolute Gasteiger partial charge is 0.323 e. The summed E-state index contributed by atoms with van der Waals surface area (Å²) in [5.41, 5.74) is 6.85. The van der Waals surface area contributed by atoms with Gasteiger partial charge in [-0.05, 0) is 35.9 Å². The summed E-state index contributed by atoms with van der Waals surface area (Å²) in [5.74, 6) is -3.47. The van der Waals surface area contributed by atoms with Crippen LogP contribution in [0.2, 0.25) is 0 Å². The van der Waals surface area contributed by atoms with E-state index in [9.17, 15) is 4.79 Å². The number of nitrogen functional groups attached to an aromatic ring is 1. The zero-order valence-electron chi connectivity index (χ0n) is 19.6. The number of rotatable bonds is 10. The van der Waals surface area contributed by atoms with Crippen LogP contribution in [0, 0.1) is 5.92 Å². The fourth-order valence-corrected chi connectivity index (χ4v) is 6.07. The monoisotopic (exact) mass is 550 g/mol. The molecule has 0 saturated carbocycles. The maximum atomic E-state index is 12.1. The Hall–Kier alpha value is -1.48. The Balaban J connectivity index is 1.52. The Labute approximate surface area is 211 Å². The predicted molar refractivity (Wildman–Crippen MR) is 129 cm³/mol. The molecule has 2 fully saturated rings. The zero-order valence-corrected chi connectivity index (χ0v) is 22.0. The minimum atomic E-state index is -3.12. The second-order valence-corrected chi connectivity index (χ2v) is 13.3. The van der Waals surface area contributed by atoms with Crippen molar-refractivity contribution in [3.63, 3.8) is 0 Å². The number of nitrogens with one attached hydrogen (secondary N) is 1. The number of aromatic nitrogens is 4. The lowest BCUT2D eigenvalue weighted by molar-refractivity contribution is -0.265. The van der Waals surface area contributed by atoms with Crippen LogP contribution < -0.4 is 10.8 Å². The number of nitrogens with two attached hydrogens (primary N) is 1. The van der Waals surface area contributed by atoms with Crippen LogP contribution in [0.15, 0.2) is 12.7 Å². The third kappa shape index (κ3) is 5.60.